The molecule has 2 fully saturated rings. The van der Waals surface area contributed by atoms with Crippen LogP contribution in [0.2, 0.25) is 0 Å². The van der Waals surface area contributed by atoms with E-state index >= 15 is 0 Å². The van der Waals surface area contributed by atoms with Crippen LogP contribution >= 0.6 is 0 Å². The summed E-state index contributed by atoms with van der Waals surface area (Å²) in [5.74, 6) is 2.49. The highest BCUT2D eigenvalue weighted by Gasteiger charge is 2.28. The first kappa shape index (κ1) is 26.7. The largest absolute Gasteiger partial charge is 0.486 e. The minimum absolute atomic E-state index is 0.138. The maximum absolute atomic E-state index is 12.9. The van der Waals surface area contributed by atoms with Crippen LogP contribution in [-0.2, 0) is 10.0 Å². The summed E-state index contributed by atoms with van der Waals surface area (Å²) in [6.45, 7) is 6.49. The van der Waals surface area contributed by atoms with Crippen molar-refractivity contribution < 1.29 is 22.7 Å². The van der Waals surface area contributed by atoms with Crippen molar-refractivity contribution in [1.29, 1.82) is 0 Å². The van der Waals surface area contributed by atoms with Gasteiger partial charge in [-0.1, -0.05) is 12.1 Å². The molecule has 1 amide bonds. The van der Waals surface area contributed by atoms with E-state index in [9.17, 15) is 13.2 Å². The third-order valence-corrected chi connectivity index (χ3v) is 9.51. The van der Waals surface area contributed by atoms with Gasteiger partial charge >= 0.3 is 0 Å². The van der Waals surface area contributed by atoms with Crippen LogP contribution in [0.25, 0.3) is 0 Å². The fourth-order valence-corrected chi connectivity index (χ4v) is 6.81. The van der Waals surface area contributed by atoms with Gasteiger partial charge in [0.15, 0.2) is 11.5 Å². The molecule has 0 saturated carbocycles. The van der Waals surface area contributed by atoms with Crippen LogP contribution in [0.5, 0.6) is 11.5 Å². The molecule has 3 aliphatic rings. The number of piperazine rings is 1. The number of para-hydroxylation sites is 1. The summed E-state index contributed by atoms with van der Waals surface area (Å²) in [5, 5.41) is 3.06. The lowest BCUT2D eigenvalue weighted by molar-refractivity contribution is 0.0925. The van der Waals surface area contributed by atoms with Gasteiger partial charge in [0, 0.05) is 38.9 Å². The van der Waals surface area contributed by atoms with E-state index in [1.165, 1.54) is 0 Å². The molecule has 206 valence electrons. The van der Waals surface area contributed by atoms with Crippen LogP contribution in [0.1, 0.15) is 29.6 Å². The highest BCUT2D eigenvalue weighted by Crippen LogP contribution is 2.33. The van der Waals surface area contributed by atoms with E-state index in [1.807, 2.05) is 30.3 Å². The first-order chi connectivity index (χ1) is 18.5. The summed E-state index contributed by atoms with van der Waals surface area (Å²) in [7, 11) is -3.26. The van der Waals surface area contributed by atoms with Gasteiger partial charge in [-0.2, -0.15) is 4.31 Å². The fourth-order valence-electron chi connectivity index (χ4n) is 5.33. The Bertz CT molecular complexity index is 1180. The molecular weight excluding hydrogens is 506 g/mol. The van der Waals surface area contributed by atoms with Crippen LogP contribution in [0.4, 0.5) is 5.82 Å². The topological polar surface area (TPSA) is 104 Å². The SMILES string of the molecule is O=C(NCC1CCN(CCCS(=O)(=O)N2CCN(c3ccccn3)CC2)CC1)c1cccc2c1OCCO2. The monoisotopic (exact) mass is 543 g/mol. The number of nitrogens with zero attached hydrogens (tertiary/aromatic N) is 4. The molecule has 10 nitrogen and oxygen atoms in total. The molecular formula is C27H37N5O5S. The molecule has 5 rings (SSSR count). The van der Waals surface area contributed by atoms with Crippen molar-refractivity contribution in [3.8, 4) is 11.5 Å². The number of sulfonamides is 1. The Kier molecular flexibility index (Phi) is 8.65. The molecule has 0 radical (unpaired) electrons. The molecule has 1 aromatic carbocycles. The second-order valence-corrected chi connectivity index (χ2v) is 12.2. The van der Waals surface area contributed by atoms with Crippen LogP contribution in [0, 0.1) is 5.92 Å². The summed E-state index contributed by atoms with van der Waals surface area (Å²) in [6, 6.07) is 11.2. The quantitative estimate of drug-likeness (QED) is 0.511. The smallest absolute Gasteiger partial charge is 0.255 e. The maximum atomic E-state index is 12.9. The normalized spacial score (nSPS) is 19.3. The standard InChI is InChI=1S/C27H37N5O5S/c33-27(23-5-3-6-24-26(23)37-19-18-36-24)29-21-22-8-12-30(13-9-22)11-4-20-38(34,35)32-16-14-31(15-17-32)25-7-1-2-10-28-25/h1-3,5-7,10,22H,4,8-9,11-21H2,(H,29,33). The number of piperidine rings is 1. The van der Waals surface area contributed by atoms with E-state index in [4.69, 9.17) is 9.47 Å². The van der Waals surface area contributed by atoms with E-state index in [2.05, 4.69) is 20.1 Å². The number of hydrogen-bond acceptors (Lipinski definition) is 8. The van der Waals surface area contributed by atoms with Crippen LogP contribution in [0.15, 0.2) is 42.6 Å². The van der Waals surface area contributed by atoms with E-state index in [-0.39, 0.29) is 11.7 Å². The lowest BCUT2D eigenvalue weighted by atomic mass is 9.96. The number of rotatable bonds is 9. The average Bonchev–Trinajstić information content (AvgIpc) is 2.97. The number of carbonyl (C=O) groups excluding carboxylic acids is 1. The van der Waals surface area contributed by atoms with Gasteiger partial charge in [0.1, 0.15) is 19.0 Å². The average molecular weight is 544 g/mol. The Balaban J connectivity index is 0.994. The number of likely N-dealkylation sites (tertiary alicyclic amines) is 1. The third-order valence-electron chi connectivity index (χ3n) is 7.55. The lowest BCUT2D eigenvalue weighted by Crippen LogP contribution is -2.49. The number of pyridine rings is 1. The van der Waals surface area contributed by atoms with E-state index in [0.29, 0.717) is 75.3 Å². The molecule has 2 aromatic rings. The molecule has 1 N–H and O–H groups in total. The number of benzene rings is 1. The molecule has 0 unspecified atom stereocenters. The zero-order valence-electron chi connectivity index (χ0n) is 21.8. The molecule has 0 spiro atoms. The number of hydrogen-bond donors (Lipinski definition) is 1. The number of ether oxygens (including phenoxy) is 2. The number of carbonyl (C=O) groups is 1. The molecule has 0 bridgehead atoms. The minimum Gasteiger partial charge on any atom is -0.486 e. The van der Waals surface area contributed by atoms with Gasteiger partial charge in [-0.25, -0.2) is 13.4 Å². The molecule has 1 aromatic heterocycles. The number of nitrogens with one attached hydrogen (secondary N) is 1. The van der Waals surface area contributed by atoms with Gasteiger partial charge in [0.2, 0.25) is 10.0 Å². The van der Waals surface area contributed by atoms with Gasteiger partial charge in [-0.3, -0.25) is 4.79 Å². The van der Waals surface area contributed by atoms with E-state index < -0.39 is 10.0 Å². The Morgan fingerprint density at radius 1 is 0.974 bits per heavy atom. The highest BCUT2D eigenvalue weighted by atomic mass is 32.2. The lowest BCUT2D eigenvalue weighted by Gasteiger charge is -2.35. The van der Waals surface area contributed by atoms with Crippen molar-refractivity contribution in [2.24, 2.45) is 5.92 Å². The van der Waals surface area contributed by atoms with Crippen molar-refractivity contribution in [3.05, 3.63) is 48.2 Å². The second-order valence-electron chi connectivity index (χ2n) is 10.1. The summed E-state index contributed by atoms with van der Waals surface area (Å²) in [5.41, 5.74) is 0.513. The third kappa shape index (κ3) is 6.57. The predicted octanol–water partition coefficient (Wildman–Crippen LogP) is 1.84. The first-order valence-corrected chi connectivity index (χ1v) is 15.1. The van der Waals surface area contributed by atoms with Gasteiger partial charge in [0.05, 0.1) is 11.3 Å². The molecule has 3 aliphatic heterocycles. The van der Waals surface area contributed by atoms with Gasteiger partial charge in [-0.05, 0) is 69.1 Å². The van der Waals surface area contributed by atoms with Gasteiger partial charge in [0.25, 0.3) is 5.91 Å². The molecule has 4 heterocycles. The van der Waals surface area contributed by atoms with Gasteiger partial charge in [-0.15, -0.1) is 0 Å². The van der Waals surface area contributed by atoms with E-state index in [1.54, 1.807) is 16.6 Å². The van der Waals surface area contributed by atoms with Crippen LogP contribution in [0.3, 0.4) is 0 Å². The van der Waals surface area contributed by atoms with Gasteiger partial charge < -0.3 is 24.6 Å². The van der Waals surface area contributed by atoms with Crippen molar-refractivity contribution in [2.75, 3.05) is 76.2 Å². The molecule has 38 heavy (non-hydrogen) atoms. The molecule has 0 aliphatic carbocycles. The minimum atomic E-state index is -3.26. The molecule has 0 atom stereocenters. The number of aromatic nitrogens is 1. The fraction of sp³-hybridized carbons (Fsp3) is 0.556. The first-order valence-electron chi connectivity index (χ1n) is 13.5. The van der Waals surface area contributed by atoms with Crippen molar-refractivity contribution >= 4 is 21.7 Å². The van der Waals surface area contributed by atoms with E-state index in [0.717, 1.165) is 38.3 Å². The number of amides is 1. The number of anilines is 1. The Morgan fingerprint density at radius 2 is 1.76 bits per heavy atom. The zero-order valence-corrected chi connectivity index (χ0v) is 22.6. The van der Waals surface area contributed by atoms with Crippen LogP contribution in [-0.4, -0.2) is 99.8 Å². The summed E-state index contributed by atoms with van der Waals surface area (Å²) < 4.78 is 38.7. The Labute approximate surface area is 225 Å². The van der Waals surface area contributed by atoms with Crippen LogP contribution < -0.4 is 19.7 Å². The van der Waals surface area contributed by atoms with Crippen molar-refractivity contribution in [1.82, 2.24) is 19.5 Å². The summed E-state index contributed by atoms with van der Waals surface area (Å²) >= 11 is 0. The van der Waals surface area contributed by atoms with Crippen molar-refractivity contribution in [3.63, 3.8) is 0 Å². The predicted molar refractivity (Wildman–Crippen MR) is 145 cm³/mol. The molecule has 2 saturated heterocycles. The Hall–Kier alpha value is -2.89. The summed E-state index contributed by atoms with van der Waals surface area (Å²) in [4.78, 5) is 21.6. The number of fused-ring (bicyclic) bond motifs is 1. The van der Waals surface area contributed by atoms with Crippen molar-refractivity contribution in [2.45, 2.75) is 19.3 Å². The zero-order chi connectivity index (χ0) is 26.4. The second kappa shape index (κ2) is 12.3. The Morgan fingerprint density at radius 3 is 2.53 bits per heavy atom. The maximum Gasteiger partial charge on any atom is 0.255 e. The molecule has 11 heteroatoms. The summed E-state index contributed by atoms with van der Waals surface area (Å²) in [6.07, 6.45) is 4.36. The highest BCUT2D eigenvalue weighted by molar-refractivity contribution is 7.89.